The molecule has 1 N–H and O–H groups in total. The zero-order valence-electron chi connectivity index (χ0n) is 9.45. The van der Waals surface area contributed by atoms with Crippen molar-refractivity contribution >= 4 is 17.8 Å². The van der Waals surface area contributed by atoms with Gasteiger partial charge in [0.15, 0.2) is 0 Å². The van der Waals surface area contributed by atoms with Crippen molar-refractivity contribution in [2.45, 2.75) is 6.61 Å². The third-order valence-electron chi connectivity index (χ3n) is 2.21. The normalized spacial score (nSPS) is 10.7. The highest BCUT2D eigenvalue weighted by Crippen LogP contribution is 2.11. The molecule has 92 valence electrons. The lowest BCUT2D eigenvalue weighted by Gasteiger charge is -2.00. The summed E-state index contributed by atoms with van der Waals surface area (Å²) >= 11 is 5.76. The summed E-state index contributed by atoms with van der Waals surface area (Å²) in [4.78, 5) is 9.03. The Morgan fingerprint density at radius 3 is 2.78 bits per heavy atom. The monoisotopic (exact) mass is 262 g/mol. The van der Waals surface area contributed by atoms with E-state index < -0.39 is 0 Å². The minimum atomic E-state index is 0.0661. The van der Waals surface area contributed by atoms with Crippen LogP contribution < -0.4 is 0 Å². The Labute approximate surface area is 109 Å². The van der Waals surface area contributed by atoms with Crippen LogP contribution in [0.15, 0.2) is 47.8 Å². The molecular formula is C13H11ClN2O2. The van der Waals surface area contributed by atoms with Gasteiger partial charge in [-0.1, -0.05) is 28.9 Å². The minimum Gasteiger partial charge on any atom is -0.506 e. The van der Waals surface area contributed by atoms with Crippen LogP contribution in [0.5, 0.6) is 5.75 Å². The van der Waals surface area contributed by atoms with Gasteiger partial charge < -0.3 is 9.94 Å². The van der Waals surface area contributed by atoms with Gasteiger partial charge in [0.1, 0.15) is 18.1 Å². The van der Waals surface area contributed by atoms with Gasteiger partial charge >= 0.3 is 0 Å². The molecule has 18 heavy (non-hydrogen) atoms. The van der Waals surface area contributed by atoms with Crippen LogP contribution in [0, 0.1) is 0 Å². The molecule has 0 spiro atoms. The molecular weight excluding hydrogens is 252 g/mol. The third-order valence-corrected chi connectivity index (χ3v) is 2.46. The van der Waals surface area contributed by atoms with Crippen LogP contribution in [0.4, 0.5) is 0 Å². The minimum absolute atomic E-state index is 0.0661. The molecule has 0 aliphatic heterocycles. The van der Waals surface area contributed by atoms with E-state index in [1.807, 2.05) is 12.1 Å². The quantitative estimate of drug-likeness (QED) is 0.681. The van der Waals surface area contributed by atoms with Gasteiger partial charge in [-0.25, -0.2) is 0 Å². The summed E-state index contributed by atoms with van der Waals surface area (Å²) in [5.74, 6) is 0.0661. The maximum atomic E-state index is 9.43. The summed E-state index contributed by atoms with van der Waals surface area (Å²) in [7, 11) is 0. The maximum Gasteiger partial charge on any atom is 0.142 e. The molecule has 0 atom stereocenters. The van der Waals surface area contributed by atoms with Crippen molar-refractivity contribution in [2.75, 3.05) is 0 Å². The van der Waals surface area contributed by atoms with Gasteiger partial charge in [-0.3, -0.25) is 4.98 Å². The van der Waals surface area contributed by atoms with Crippen LogP contribution in [0.3, 0.4) is 0 Å². The highest BCUT2D eigenvalue weighted by molar-refractivity contribution is 6.30. The third kappa shape index (κ3) is 3.46. The number of oxime groups is 1. The van der Waals surface area contributed by atoms with Crippen molar-refractivity contribution < 1.29 is 9.94 Å². The average molecular weight is 263 g/mol. The molecule has 0 unspecified atom stereocenters. The topological polar surface area (TPSA) is 54.7 Å². The first-order valence-electron chi connectivity index (χ1n) is 5.29. The number of benzene rings is 1. The molecule has 0 bridgehead atoms. The van der Waals surface area contributed by atoms with Gasteiger partial charge in [0.05, 0.1) is 6.21 Å². The highest BCUT2D eigenvalue weighted by atomic mass is 35.5. The van der Waals surface area contributed by atoms with Crippen LogP contribution in [-0.2, 0) is 11.4 Å². The van der Waals surface area contributed by atoms with E-state index >= 15 is 0 Å². The van der Waals surface area contributed by atoms with E-state index in [1.165, 1.54) is 12.3 Å². The Morgan fingerprint density at radius 2 is 2.06 bits per heavy atom. The zero-order valence-corrected chi connectivity index (χ0v) is 10.2. The van der Waals surface area contributed by atoms with E-state index in [0.29, 0.717) is 17.3 Å². The van der Waals surface area contributed by atoms with Crippen molar-refractivity contribution in [3.05, 3.63) is 58.9 Å². The number of aromatic hydroxyl groups is 1. The van der Waals surface area contributed by atoms with Crippen molar-refractivity contribution in [2.24, 2.45) is 5.16 Å². The summed E-state index contributed by atoms with van der Waals surface area (Å²) in [6.45, 7) is 0.335. The van der Waals surface area contributed by atoms with Crippen LogP contribution in [0.1, 0.15) is 11.3 Å². The lowest BCUT2D eigenvalue weighted by Crippen LogP contribution is -1.90. The van der Waals surface area contributed by atoms with Gasteiger partial charge in [-0.2, -0.15) is 0 Å². The standard InChI is InChI=1S/C13H11ClN2O2/c14-11-5-3-10(4-6-11)9-18-16-8-12-13(17)2-1-7-15-12/h1-8,17H,9H2. The summed E-state index contributed by atoms with van der Waals surface area (Å²) < 4.78 is 0. The second-order valence-corrected chi connectivity index (χ2v) is 3.98. The van der Waals surface area contributed by atoms with E-state index in [2.05, 4.69) is 10.1 Å². The molecule has 5 heteroatoms. The fourth-order valence-electron chi connectivity index (χ4n) is 1.29. The molecule has 0 aliphatic carbocycles. The highest BCUT2D eigenvalue weighted by Gasteiger charge is 1.97. The number of hydrogen-bond donors (Lipinski definition) is 1. The molecule has 2 aromatic rings. The van der Waals surface area contributed by atoms with E-state index in [9.17, 15) is 5.11 Å². The van der Waals surface area contributed by atoms with Crippen molar-refractivity contribution in [1.29, 1.82) is 0 Å². The average Bonchev–Trinajstić information content (AvgIpc) is 2.39. The maximum absolute atomic E-state index is 9.43. The number of nitrogens with zero attached hydrogens (tertiary/aromatic N) is 2. The van der Waals surface area contributed by atoms with Crippen LogP contribution in [0.25, 0.3) is 0 Å². The van der Waals surface area contributed by atoms with Gasteiger partial charge in [0.2, 0.25) is 0 Å². The second kappa shape index (κ2) is 6.02. The molecule has 1 heterocycles. The van der Waals surface area contributed by atoms with E-state index in [-0.39, 0.29) is 5.75 Å². The van der Waals surface area contributed by atoms with Crippen LogP contribution in [0.2, 0.25) is 5.02 Å². The summed E-state index contributed by atoms with van der Waals surface area (Å²) in [6, 6.07) is 10.5. The van der Waals surface area contributed by atoms with Crippen molar-refractivity contribution in [3.63, 3.8) is 0 Å². The Bertz CT molecular complexity index is 541. The molecule has 0 radical (unpaired) electrons. The molecule has 0 fully saturated rings. The molecule has 1 aromatic carbocycles. The largest absolute Gasteiger partial charge is 0.506 e. The number of rotatable bonds is 4. The van der Waals surface area contributed by atoms with E-state index in [0.717, 1.165) is 5.56 Å². The molecule has 1 aromatic heterocycles. The Morgan fingerprint density at radius 1 is 1.28 bits per heavy atom. The predicted molar refractivity (Wildman–Crippen MR) is 69.7 cm³/mol. The Balaban J connectivity index is 1.89. The first kappa shape index (κ1) is 12.4. The first-order chi connectivity index (χ1) is 8.75. The lowest BCUT2D eigenvalue weighted by atomic mass is 10.2. The SMILES string of the molecule is Oc1cccnc1C=NOCc1ccc(Cl)cc1. The van der Waals surface area contributed by atoms with Crippen molar-refractivity contribution in [1.82, 2.24) is 4.98 Å². The van der Waals surface area contributed by atoms with Gasteiger partial charge in [-0.15, -0.1) is 0 Å². The van der Waals surface area contributed by atoms with E-state index in [4.69, 9.17) is 16.4 Å². The summed E-state index contributed by atoms with van der Waals surface area (Å²) in [5.41, 5.74) is 1.33. The van der Waals surface area contributed by atoms with Gasteiger partial charge in [-0.05, 0) is 29.8 Å². The second-order valence-electron chi connectivity index (χ2n) is 3.54. The molecule has 0 saturated heterocycles. The number of hydrogen-bond acceptors (Lipinski definition) is 4. The van der Waals surface area contributed by atoms with Gasteiger partial charge in [0, 0.05) is 11.2 Å². The first-order valence-corrected chi connectivity index (χ1v) is 5.67. The van der Waals surface area contributed by atoms with E-state index in [1.54, 1.807) is 24.4 Å². The molecule has 4 nitrogen and oxygen atoms in total. The summed E-state index contributed by atoms with van der Waals surface area (Å²) in [5, 5.41) is 13.9. The van der Waals surface area contributed by atoms with Gasteiger partial charge in [0.25, 0.3) is 0 Å². The van der Waals surface area contributed by atoms with Crippen LogP contribution >= 0.6 is 11.6 Å². The predicted octanol–water partition coefficient (Wildman–Crippen LogP) is 2.99. The lowest BCUT2D eigenvalue weighted by molar-refractivity contribution is 0.132. The fourth-order valence-corrected chi connectivity index (χ4v) is 1.41. The number of halogens is 1. The summed E-state index contributed by atoms with van der Waals surface area (Å²) in [6.07, 6.45) is 2.94. The Kier molecular flexibility index (Phi) is 4.15. The van der Waals surface area contributed by atoms with Crippen molar-refractivity contribution in [3.8, 4) is 5.75 Å². The smallest absolute Gasteiger partial charge is 0.142 e. The number of aromatic nitrogens is 1. The Hall–Kier alpha value is -2.07. The number of pyridine rings is 1. The molecule has 0 amide bonds. The molecule has 0 aliphatic rings. The van der Waals surface area contributed by atoms with Crippen LogP contribution in [-0.4, -0.2) is 16.3 Å². The molecule has 2 rings (SSSR count). The fraction of sp³-hybridized carbons (Fsp3) is 0.0769. The zero-order chi connectivity index (χ0) is 12.8. The molecule has 0 saturated carbocycles.